The number of hydrogen-bond donors (Lipinski definition) is 1. The average molecular weight is 389 g/mol. The number of pyridine rings is 2. The van der Waals surface area contributed by atoms with Gasteiger partial charge in [0.2, 0.25) is 5.88 Å². The average Bonchev–Trinajstić information content (AvgIpc) is 2.72. The summed E-state index contributed by atoms with van der Waals surface area (Å²) in [6.07, 6.45) is 4.33. The summed E-state index contributed by atoms with van der Waals surface area (Å²) in [5.74, 6) is -0.391. The van der Waals surface area contributed by atoms with Crippen molar-refractivity contribution in [2.24, 2.45) is 4.99 Å². The first-order valence-corrected chi connectivity index (χ1v) is 8.47. The van der Waals surface area contributed by atoms with Crippen LogP contribution in [0.25, 0.3) is 0 Å². The Morgan fingerprint density at radius 2 is 2.10 bits per heavy atom. The first-order valence-electron chi connectivity index (χ1n) is 8.47. The molecular weight excluding hydrogens is 374 g/mol. The molecule has 0 saturated heterocycles. The summed E-state index contributed by atoms with van der Waals surface area (Å²) in [5, 5.41) is 31.3. The van der Waals surface area contributed by atoms with E-state index in [1.165, 1.54) is 31.3 Å². The van der Waals surface area contributed by atoms with Crippen LogP contribution in [0, 0.1) is 28.4 Å². The molecule has 1 aromatic carbocycles. The molecule has 0 saturated carbocycles. The summed E-state index contributed by atoms with van der Waals surface area (Å²) in [6.45, 7) is 1.51. The molecule has 0 spiro atoms. The first-order chi connectivity index (χ1) is 13.9. The van der Waals surface area contributed by atoms with Crippen molar-refractivity contribution in [1.82, 2.24) is 9.55 Å². The third-order valence-electron chi connectivity index (χ3n) is 4.32. The highest BCUT2D eigenvalue weighted by molar-refractivity contribution is 5.88. The maximum Gasteiger partial charge on any atom is 0.294 e. The van der Waals surface area contributed by atoms with E-state index in [1.807, 2.05) is 6.07 Å². The summed E-state index contributed by atoms with van der Waals surface area (Å²) in [5.41, 5.74) is 0.108. The molecule has 1 N–H and O–H groups in total. The minimum atomic E-state index is -0.644. The topological polar surface area (TPSA) is 134 Å². The SMILES string of the molecule is Cc1c(C=Nc2ccccc2[N+](=O)[O-])c(O)n(Cc2cccnc2)c(=O)c1C#N. The lowest BCUT2D eigenvalue weighted by molar-refractivity contribution is -0.384. The number of nitro groups is 1. The summed E-state index contributed by atoms with van der Waals surface area (Å²) < 4.78 is 1.04. The third kappa shape index (κ3) is 3.86. The van der Waals surface area contributed by atoms with E-state index in [-0.39, 0.29) is 34.6 Å². The molecule has 2 heterocycles. The van der Waals surface area contributed by atoms with Crippen LogP contribution in [0.3, 0.4) is 0 Å². The summed E-state index contributed by atoms with van der Waals surface area (Å²) in [4.78, 5) is 31.3. The highest BCUT2D eigenvalue weighted by Crippen LogP contribution is 2.27. The fraction of sp³-hybridized carbons (Fsp3) is 0.100. The van der Waals surface area contributed by atoms with Gasteiger partial charge in [-0.25, -0.2) is 4.99 Å². The van der Waals surface area contributed by atoms with Gasteiger partial charge in [0.1, 0.15) is 17.3 Å². The fourth-order valence-corrected chi connectivity index (χ4v) is 2.81. The number of rotatable bonds is 5. The Morgan fingerprint density at radius 3 is 2.76 bits per heavy atom. The van der Waals surface area contributed by atoms with Gasteiger partial charge in [0.25, 0.3) is 11.2 Å². The Kier molecular flexibility index (Phi) is 5.46. The molecule has 0 bridgehead atoms. The maximum absolute atomic E-state index is 12.6. The second-order valence-corrected chi connectivity index (χ2v) is 6.11. The van der Waals surface area contributed by atoms with E-state index in [1.54, 1.807) is 30.6 Å². The number of aromatic hydroxyl groups is 1. The molecule has 0 aliphatic rings. The Balaban J connectivity index is 2.15. The van der Waals surface area contributed by atoms with Crippen molar-refractivity contribution in [3.05, 3.63) is 91.5 Å². The summed E-state index contributed by atoms with van der Waals surface area (Å²) >= 11 is 0. The van der Waals surface area contributed by atoms with Gasteiger partial charge in [-0.2, -0.15) is 5.26 Å². The normalized spacial score (nSPS) is 10.8. The molecule has 0 atom stereocenters. The fourth-order valence-electron chi connectivity index (χ4n) is 2.81. The van der Waals surface area contributed by atoms with Gasteiger partial charge in [-0.1, -0.05) is 18.2 Å². The third-order valence-corrected chi connectivity index (χ3v) is 4.32. The first kappa shape index (κ1) is 19.4. The molecule has 3 aromatic rings. The van der Waals surface area contributed by atoms with Gasteiger partial charge >= 0.3 is 0 Å². The zero-order valence-corrected chi connectivity index (χ0v) is 15.3. The molecule has 29 heavy (non-hydrogen) atoms. The largest absolute Gasteiger partial charge is 0.494 e. The van der Waals surface area contributed by atoms with Gasteiger partial charge in [-0.3, -0.25) is 24.5 Å². The highest BCUT2D eigenvalue weighted by atomic mass is 16.6. The lowest BCUT2D eigenvalue weighted by atomic mass is 10.1. The number of nitriles is 1. The van der Waals surface area contributed by atoms with Gasteiger partial charge in [0.15, 0.2) is 0 Å². The van der Waals surface area contributed by atoms with E-state index in [4.69, 9.17) is 0 Å². The van der Waals surface area contributed by atoms with Crippen molar-refractivity contribution in [3.63, 3.8) is 0 Å². The number of nitrogens with zero attached hydrogens (tertiary/aromatic N) is 5. The molecular formula is C20H15N5O4. The molecule has 9 heteroatoms. The van der Waals surface area contributed by atoms with Crippen molar-refractivity contribution < 1.29 is 10.0 Å². The van der Waals surface area contributed by atoms with Gasteiger partial charge in [-0.15, -0.1) is 0 Å². The molecule has 9 nitrogen and oxygen atoms in total. The molecule has 3 rings (SSSR count). The van der Waals surface area contributed by atoms with Gasteiger partial charge in [-0.05, 0) is 30.2 Å². The number of para-hydroxylation sites is 2. The van der Waals surface area contributed by atoms with E-state index >= 15 is 0 Å². The van der Waals surface area contributed by atoms with Crippen molar-refractivity contribution in [3.8, 4) is 11.9 Å². The lowest BCUT2D eigenvalue weighted by Gasteiger charge is -2.14. The van der Waals surface area contributed by atoms with E-state index in [0.29, 0.717) is 5.56 Å². The standard InChI is InChI=1S/C20H15N5O4/c1-13-15(9-21)19(26)24(12-14-5-4-8-22-10-14)20(27)16(13)11-23-17-6-2-3-7-18(17)25(28)29/h2-8,10-11,27H,12H2,1H3. The Hall–Kier alpha value is -4.32. The smallest absolute Gasteiger partial charge is 0.294 e. The minimum Gasteiger partial charge on any atom is -0.494 e. The number of nitro benzene ring substituents is 1. The van der Waals surface area contributed by atoms with Crippen LogP contribution in [0.4, 0.5) is 11.4 Å². The predicted octanol–water partition coefficient (Wildman–Crippen LogP) is 2.84. The lowest BCUT2D eigenvalue weighted by Crippen LogP contribution is -2.26. The summed E-state index contributed by atoms with van der Waals surface area (Å²) in [6, 6.07) is 11.1. The van der Waals surface area contributed by atoms with E-state index in [2.05, 4.69) is 9.98 Å². The molecule has 0 fully saturated rings. The monoisotopic (exact) mass is 389 g/mol. The van der Waals surface area contributed by atoms with E-state index < -0.39 is 16.4 Å². The number of hydrogen-bond acceptors (Lipinski definition) is 7. The van der Waals surface area contributed by atoms with Crippen molar-refractivity contribution in [1.29, 1.82) is 5.26 Å². The van der Waals surface area contributed by atoms with Crippen LogP contribution in [0.15, 0.2) is 58.6 Å². The van der Waals surface area contributed by atoms with Crippen LogP contribution in [0.1, 0.15) is 22.3 Å². The van der Waals surface area contributed by atoms with E-state index in [0.717, 1.165) is 4.57 Å². The molecule has 0 unspecified atom stereocenters. The van der Waals surface area contributed by atoms with Gasteiger partial charge < -0.3 is 5.11 Å². The Morgan fingerprint density at radius 1 is 1.34 bits per heavy atom. The van der Waals surface area contributed by atoms with Crippen LogP contribution in [-0.2, 0) is 6.54 Å². The maximum atomic E-state index is 12.6. The number of benzene rings is 1. The second-order valence-electron chi connectivity index (χ2n) is 6.11. The molecule has 144 valence electrons. The Bertz CT molecular complexity index is 1210. The molecule has 0 aliphatic heterocycles. The second kappa shape index (κ2) is 8.14. The van der Waals surface area contributed by atoms with Crippen LogP contribution in [0.5, 0.6) is 5.88 Å². The van der Waals surface area contributed by atoms with Crippen LogP contribution >= 0.6 is 0 Å². The zero-order valence-electron chi connectivity index (χ0n) is 15.3. The molecule has 0 amide bonds. The van der Waals surface area contributed by atoms with Gasteiger partial charge in [0.05, 0.1) is 17.0 Å². The van der Waals surface area contributed by atoms with Gasteiger partial charge in [0, 0.05) is 24.7 Å². The van der Waals surface area contributed by atoms with Crippen LogP contribution in [0.2, 0.25) is 0 Å². The number of aromatic nitrogens is 2. The predicted molar refractivity (Wildman–Crippen MR) is 106 cm³/mol. The quantitative estimate of drug-likeness (QED) is 0.405. The highest BCUT2D eigenvalue weighted by Gasteiger charge is 2.19. The van der Waals surface area contributed by atoms with Crippen molar-refractivity contribution in [2.75, 3.05) is 0 Å². The minimum absolute atomic E-state index is 0.000207. The molecule has 0 aliphatic carbocycles. The molecule has 2 aromatic heterocycles. The van der Waals surface area contributed by atoms with Crippen molar-refractivity contribution >= 4 is 17.6 Å². The molecule has 0 radical (unpaired) electrons. The van der Waals surface area contributed by atoms with Crippen LogP contribution in [-0.4, -0.2) is 25.8 Å². The van der Waals surface area contributed by atoms with Crippen molar-refractivity contribution in [2.45, 2.75) is 13.5 Å². The summed E-state index contributed by atoms with van der Waals surface area (Å²) in [7, 11) is 0. The zero-order chi connectivity index (χ0) is 21.0. The Labute approximate surface area is 165 Å². The van der Waals surface area contributed by atoms with E-state index in [9.17, 15) is 25.3 Å². The number of aliphatic imine (C=N–C) groups is 1. The van der Waals surface area contributed by atoms with Crippen LogP contribution < -0.4 is 5.56 Å².